The number of hydrogen-bond acceptors (Lipinski definition) is 3. The van der Waals surface area contributed by atoms with Crippen LogP contribution >= 0.6 is 11.8 Å². The Labute approximate surface area is 40.8 Å². The van der Waals surface area contributed by atoms with Crippen LogP contribution in [-0.2, 0) is 0 Å². The summed E-state index contributed by atoms with van der Waals surface area (Å²) in [6, 6.07) is 0. The van der Waals surface area contributed by atoms with E-state index in [1.54, 1.807) is 6.20 Å². The molecule has 0 saturated heterocycles. The van der Waals surface area contributed by atoms with Gasteiger partial charge >= 0.3 is 0 Å². The molecule has 1 aliphatic rings. The van der Waals surface area contributed by atoms with Crippen LogP contribution in [0.1, 0.15) is 0 Å². The van der Waals surface area contributed by atoms with Crippen molar-refractivity contribution in [3.8, 4) is 0 Å². The normalized spacial score (nSPS) is 21.5. The number of nitrogens with one attached hydrogen (secondary N) is 1. The van der Waals surface area contributed by atoms with E-state index in [1.165, 1.54) is 11.8 Å². The van der Waals surface area contributed by atoms with Crippen LogP contribution in [0.3, 0.4) is 0 Å². The number of hydrogen-bond donors (Lipinski definition) is 2. The Morgan fingerprint density at radius 2 is 2.67 bits per heavy atom. The van der Waals surface area contributed by atoms with Gasteiger partial charge in [0.25, 0.3) is 0 Å². The molecule has 1 heterocycles. The van der Waals surface area contributed by atoms with Gasteiger partial charge in [-0.2, -0.15) is 0 Å². The maximum Gasteiger partial charge on any atom is 0.186 e. The lowest BCUT2D eigenvalue weighted by atomic mass is 10.9. The third-order valence-corrected chi connectivity index (χ3v) is 1.13. The largest absolute Gasteiger partial charge is 0.361 e. The zero-order chi connectivity index (χ0) is 4.41. The van der Waals surface area contributed by atoms with Crippen molar-refractivity contribution in [2.45, 2.75) is 0 Å². The van der Waals surface area contributed by atoms with Crippen molar-refractivity contribution in [2.24, 2.45) is 5.73 Å². The Bertz CT molecular complexity index is 63.2. The van der Waals surface area contributed by atoms with Gasteiger partial charge in [-0.25, -0.2) is 0 Å². The highest BCUT2D eigenvalue weighted by molar-refractivity contribution is 8.05. The fourth-order valence-electron chi connectivity index (χ4n) is 0.257. The van der Waals surface area contributed by atoms with Crippen molar-refractivity contribution in [3.63, 3.8) is 0 Å². The van der Waals surface area contributed by atoms with Crippen LogP contribution in [0.4, 0.5) is 0 Å². The van der Waals surface area contributed by atoms with E-state index in [-0.39, 0.29) is 0 Å². The monoisotopic (exact) mass is 101 g/mol. The second kappa shape index (κ2) is 1.53. The molecule has 1 rings (SSSR count). The van der Waals surface area contributed by atoms with Crippen LogP contribution in [0, 0.1) is 5.50 Å². The van der Waals surface area contributed by atoms with Gasteiger partial charge in [-0.3, -0.25) is 5.73 Å². The van der Waals surface area contributed by atoms with Gasteiger partial charge in [-0.05, 0) is 5.41 Å². The Hall–Kier alpha value is -0.150. The minimum Gasteiger partial charge on any atom is -0.361 e. The van der Waals surface area contributed by atoms with E-state index in [1.807, 2.05) is 5.41 Å². The molecule has 1 radical (unpaired) electrons. The maximum absolute atomic E-state index is 5.24. The van der Waals surface area contributed by atoms with Crippen LogP contribution in [-0.4, -0.2) is 0 Å². The van der Waals surface area contributed by atoms with Crippen LogP contribution < -0.4 is 11.1 Å². The minimum atomic E-state index is 0.759. The van der Waals surface area contributed by atoms with E-state index in [0.717, 1.165) is 5.50 Å². The predicted molar refractivity (Wildman–Crippen MR) is 27.3 cm³/mol. The summed E-state index contributed by atoms with van der Waals surface area (Å²) in [6.45, 7) is 0. The Kier molecular flexibility index (Phi) is 1.03. The molecule has 0 saturated carbocycles. The molecule has 0 aromatic carbocycles. The number of thioether (sulfide) groups is 1. The molecule has 0 aliphatic carbocycles. The molecule has 0 unspecified atom stereocenters. The zero-order valence-corrected chi connectivity index (χ0v) is 3.96. The molecule has 0 atom stereocenters. The maximum atomic E-state index is 5.24. The Morgan fingerprint density at radius 1 is 1.83 bits per heavy atom. The van der Waals surface area contributed by atoms with Crippen molar-refractivity contribution in [3.05, 3.63) is 17.1 Å². The molecular formula is C3H5N2S. The highest BCUT2D eigenvalue weighted by Crippen LogP contribution is 2.15. The summed E-state index contributed by atoms with van der Waals surface area (Å²) < 4.78 is 0. The molecule has 0 spiro atoms. The molecule has 3 N–H and O–H groups in total. The van der Waals surface area contributed by atoms with Gasteiger partial charge in [0, 0.05) is 6.20 Å². The first-order chi connectivity index (χ1) is 2.89. The molecule has 0 aromatic rings. The van der Waals surface area contributed by atoms with E-state index in [2.05, 4.69) is 5.32 Å². The molecule has 0 bridgehead atoms. The van der Waals surface area contributed by atoms with Crippen LogP contribution in [0.25, 0.3) is 0 Å². The molecule has 6 heavy (non-hydrogen) atoms. The van der Waals surface area contributed by atoms with Crippen molar-refractivity contribution >= 4 is 11.8 Å². The average Bonchev–Trinajstić information content (AvgIpc) is 1.86. The second-order valence-corrected chi connectivity index (χ2v) is 1.88. The zero-order valence-electron chi connectivity index (χ0n) is 3.14. The van der Waals surface area contributed by atoms with Gasteiger partial charge in [0.15, 0.2) is 5.50 Å². The number of nitrogens with two attached hydrogens (primary N) is 1. The van der Waals surface area contributed by atoms with Gasteiger partial charge in [0.2, 0.25) is 0 Å². The Balaban J connectivity index is 2.32. The predicted octanol–water partition coefficient (Wildman–Crippen LogP) is 0.200. The molecule has 0 aromatic heterocycles. The third kappa shape index (κ3) is 0.666. The van der Waals surface area contributed by atoms with Crippen LogP contribution in [0.2, 0.25) is 0 Å². The molecule has 33 valence electrons. The first kappa shape index (κ1) is 4.02. The van der Waals surface area contributed by atoms with Gasteiger partial charge in [-0.15, -0.1) is 0 Å². The minimum absolute atomic E-state index is 0.759. The third-order valence-electron chi connectivity index (χ3n) is 0.489. The lowest BCUT2D eigenvalue weighted by Gasteiger charge is -1.94. The van der Waals surface area contributed by atoms with Crippen molar-refractivity contribution in [1.82, 2.24) is 5.32 Å². The van der Waals surface area contributed by atoms with Gasteiger partial charge < -0.3 is 5.32 Å². The topological polar surface area (TPSA) is 38.0 Å². The SMILES string of the molecule is N[C]1NC=CS1. The van der Waals surface area contributed by atoms with Gasteiger partial charge in [0.05, 0.1) is 0 Å². The lowest BCUT2D eigenvalue weighted by Crippen LogP contribution is -2.15. The van der Waals surface area contributed by atoms with E-state index < -0.39 is 0 Å². The van der Waals surface area contributed by atoms with E-state index >= 15 is 0 Å². The van der Waals surface area contributed by atoms with Crippen molar-refractivity contribution < 1.29 is 0 Å². The van der Waals surface area contributed by atoms with Gasteiger partial charge in [0.1, 0.15) is 0 Å². The van der Waals surface area contributed by atoms with E-state index in [0.29, 0.717) is 0 Å². The highest BCUT2D eigenvalue weighted by atomic mass is 32.2. The summed E-state index contributed by atoms with van der Waals surface area (Å²) in [5.74, 6) is 0. The van der Waals surface area contributed by atoms with Crippen molar-refractivity contribution in [2.75, 3.05) is 0 Å². The summed E-state index contributed by atoms with van der Waals surface area (Å²) in [5.41, 5.74) is 6.00. The second-order valence-electron chi connectivity index (χ2n) is 0.929. The highest BCUT2D eigenvalue weighted by Gasteiger charge is 2.01. The average molecular weight is 101 g/mol. The summed E-state index contributed by atoms with van der Waals surface area (Å²) >= 11 is 1.50. The summed E-state index contributed by atoms with van der Waals surface area (Å²) in [5, 5.41) is 4.69. The molecule has 1 aliphatic heterocycles. The smallest absolute Gasteiger partial charge is 0.186 e. The molecular weight excluding hydrogens is 96.1 g/mol. The van der Waals surface area contributed by atoms with E-state index in [9.17, 15) is 0 Å². The first-order valence-corrected chi connectivity index (χ1v) is 2.48. The summed E-state index contributed by atoms with van der Waals surface area (Å²) in [6.07, 6.45) is 1.81. The number of rotatable bonds is 0. The standard InChI is InChI=1S/C3H5N2S/c4-3-5-1-2-6-3/h1-2,5H,4H2. The molecule has 0 fully saturated rings. The molecule has 2 nitrogen and oxygen atoms in total. The summed E-state index contributed by atoms with van der Waals surface area (Å²) in [4.78, 5) is 0. The molecule has 0 amide bonds. The first-order valence-electron chi connectivity index (χ1n) is 1.60. The summed E-state index contributed by atoms with van der Waals surface area (Å²) in [7, 11) is 0. The fraction of sp³-hybridized carbons (Fsp3) is 0. The fourth-order valence-corrected chi connectivity index (χ4v) is 0.676. The quantitative estimate of drug-likeness (QED) is 0.457. The van der Waals surface area contributed by atoms with E-state index in [4.69, 9.17) is 5.73 Å². The Morgan fingerprint density at radius 3 is 2.83 bits per heavy atom. The van der Waals surface area contributed by atoms with Crippen molar-refractivity contribution in [1.29, 1.82) is 0 Å². The van der Waals surface area contributed by atoms with Crippen LogP contribution in [0.5, 0.6) is 0 Å². The van der Waals surface area contributed by atoms with Gasteiger partial charge in [-0.1, -0.05) is 11.8 Å². The van der Waals surface area contributed by atoms with Crippen LogP contribution in [0.15, 0.2) is 11.6 Å². The lowest BCUT2D eigenvalue weighted by molar-refractivity contribution is 0.997. The molecule has 3 heteroatoms.